The van der Waals surface area contributed by atoms with Gasteiger partial charge in [0.25, 0.3) is 0 Å². The molecule has 0 N–H and O–H groups in total. The molecule has 0 radical (unpaired) electrons. The standard InChI is InChI=1S/C8H10N2O/c1-7(11)3-4-8-5-6-10(2)9-8/h3-6H,1-2H3/b4-3+. The van der Waals surface area contributed by atoms with E-state index in [0.717, 1.165) is 5.69 Å². The molecule has 0 spiro atoms. The fourth-order valence-corrected chi connectivity index (χ4v) is 0.725. The molecule has 3 nitrogen and oxygen atoms in total. The van der Waals surface area contributed by atoms with E-state index in [1.54, 1.807) is 10.8 Å². The lowest BCUT2D eigenvalue weighted by Crippen LogP contribution is -1.87. The Labute approximate surface area is 65.3 Å². The zero-order chi connectivity index (χ0) is 8.27. The molecule has 58 valence electrons. The van der Waals surface area contributed by atoms with E-state index in [1.165, 1.54) is 13.0 Å². The molecule has 11 heavy (non-hydrogen) atoms. The molecule has 0 amide bonds. The maximum atomic E-state index is 10.5. The van der Waals surface area contributed by atoms with Crippen molar-refractivity contribution in [2.45, 2.75) is 6.92 Å². The molecular formula is C8H10N2O. The third kappa shape index (κ3) is 2.37. The molecule has 0 saturated carbocycles. The number of hydrogen-bond donors (Lipinski definition) is 0. The lowest BCUT2D eigenvalue weighted by molar-refractivity contribution is -0.112. The Kier molecular flexibility index (Phi) is 2.21. The number of allylic oxidation sites excluding steroid dienone is 1. The van der Waals surface area contributed by atoms with Crippen molar-refractivity contribution in [2.24, 2.45) is 7.05 Å². The van der Waals surface area contributed by atoms with Crippen LogP contribution in [0.4, 0.5) is 0 Å². The summed E-state index contributed by atoms with van der Waals surface area (Å²) in [6.45, 7) is 1.51. The number of aromatic nitrogens is 2. The van der Waals surface area contributed by atoms with E-state index in [9.17, 15) is 4.79 Å². The highest BCUT2D eigenvalue weighted by Gasteiger charge is 1.89. The van der Waals surface area contributed by atoms with Gasteiger partial charge in [0.2, 0.25) is 0 Å². The second kappa shape index (κ2) is 3.14. The van der Waals surface area contributed by atoms with Gasteiger partial charge < -0.3 is 0 Å². The maximum absolute atomic E-state index is 10.5. The lowest BCUT2D eigenvalue weighted by Gasteiger charge is -1.83. The molecule has 0 aromatic carbocycles. The SMILES string of the molecule is CC(=O)/C=C/c1ccn(C)n1. The predicted octanol–water partition coefficient (Wildman–Crippen LogP) is 1.02. The van der Waals surface area contributed by atoms with Crippen LogP contribution in [0.1, 0.15) is 12.6 Å². The normalized spacial score (nSPS) is 10.7. The average Bonchev–Trinajstić information content (AvgIpc) is 2.31. The monoisotopic (exact) mass is 150 g/mol. The number of rotatable bonds is 2. The third-order valence-corrected chi connectivity index (χ3v) is 1.22. The number of carbonyl (C=O) groups excluding carboxylic acids is 1. The molecule has 0 aliphatic heterocycles. The number of nitrogens with zero attached hydrogens (tertiary/aromatic N) is 2. The summed E-state index contributed by atoms with van der Waals surface area (Å²) in [7, 11) is 1.84. The first-order chi connectivity index (χ1) is 5.18. The number of ketones is 1. The van der Waals surface area contributed by atoms with Gasteiger partial charge in [-0.3, -0.25) is 9.48 Å². The highest BCUT2D eigenvalue weighted by atomic mass is 16.1. The Morgan fingerprint density at radius 1 is 1.73 bits per heavy atom. The van der Waals surface area contributed by atoms with Gasteiger partial charge in [-0.1, -0.05) is 0 Å². The zero-order valence-corrected chi connectivity index (χ0v) is 6.61. The van der Waals surface area contributed by atoms with Crippen LogP contribution in [0.5, 0.6) is 0 Å². The summed E-state index contributed by atoms with van der Waals surface area (Å²) in [5.41, 5.74) is 0.808. The summed E-state index contributed by atoms with van der Waals surface area (Å²) >= 11 is 0. The Balaban J connectivity index is 2.71. The molecule has 1 aromatic rings. The Bertz CT molecular complexity index is 286. The van der Waals surface area contributed by atoms with Crippen LogP contribution in [-0.2, 0) is 11.8 Å². The van der Waals surface area contributed by atoms with E-state index in [4.69, 9.17) is 0 Å². The van der Waals surface area contributed by atoms with Gasteiger partial charge in [-0.05, 0) is 25.1 Å². The third-order valence-electron chi connectivity index (χ3n) is 1.22. The predicted molar refractivity (Wildman–Crippen MR) is 42.9 cm³/mol. The first kappa shape index (κ1) is 7.72. The van der Waals surface area contributed by atoms with Crippen molar-refractivity contribution in [3.05, 3.63) is 24.0 Å². The van der Waals surface area contributed by atoms with E-state index in [-0.39, 0.29) is 5.78 Å². The van der Waals surface area contributed by atoms with Crippen LogP contribution in [0.3, 0.4) is 0 Å². The van der Waals surface area contributed by atoms with Crippen LogP contribution in [0.15, 0.2) is 18.3 Å². The maximum Gasteiger partial charge on any atom is 0.152 e. The van der Waals surface area contributed by atoms with E-state index in [0.29, 0.717) is 0 Å². The Morgan fingerprint density at radius 2 is 2.45 bits per heavy atom. The highest BCUT2D eigenvalue weighted by molar-refractivity contribution is 5.91. The summed E-state index contributed by atoms with van der Waals surface area (Å²) in [6, 6.07) is 1.85. The largest absolute Gasteiger partial charge is 0.295 e. The summed E-state index contributed by atoms with van der Waals surface area (Å²) in [4.78, 5) is 10.5. The number of hydrogen-bond acceptors (Lipinski definition) is 2. The second-order valence-corrected chi connectivity index (χ2v) is 2.36. The summed E-state index contributed by atoms with van der Waals surface area (Å²) in [5, 5.41) is 4.06. The minimum absolute atomic E-state index is 0.0376. The molecule has 0 atom stereocenters. The van der Waals surface area contributed by atoms with Crippen LogP contribution in [0.2, 0.25) is 0 Å². The fourth-order valence-electron chi connectivity index (χ4n) is 0.725. The Morgan fingerprint density at radius 3 is 2.91 bits per heavy atom. The van der Waals surface area contributed by atoms with Crippen molar-refractivity contribution in [3.63, 3.8) is 0 Å². The van der Waals surface area contributed by atoms with Gasteiger partial charge in [-0.2, -0.15) is 5.10 Å². The molecule has 0 aliphatic carbocycles. The van der Waals surface area contributed by atoms with Crippen molar-refractivity contribution >= 4 is 11.9 Å². The number of aryl methyl sites for hydroxylation is 1. The van der Waals surface area contributed by atoms with Gasteiger partial charge in [-0.25, -0.2) is 0 Å². The first-order valence-electron chi connectivity index (χ1n) is 3.37. The molecule has 0 aliphatic rings. The van der Waals surface area contributed by atoms with E-state index in [1.807, 2.05) is 19.3 Å². The van der Waals surface area contributed by atoms with Crippen LogP contribution < -0.4 is 0 Å². The van der Waals surface area contributed by atoms with Gasteiger partial charge in [0.15, 0.2) is 5.78 Å². The summed E-state index contributed by atoms with van der Waals surface area (Å²) in [6.07, 6.45) is 5.03. The quantitative estimate of drug-likeness (QED) is 0.590. The number of carbonyl (C=O) groups is 1. The molecule has 0 bridgehead atoms. The minimum Gasteiger partial charge on any atom is -0.295 e. The van der Waals surface area contributed by atoms with E-state index in [2.05, 4.69) is 5.10 Å². The molecular weight excluding hydrogens is 140 g/mol. The molecule has 0 unspecified atom stereocenters. The smallest absolute Gasteiger partial charge is 0.152 e. The molecule has 1 rings (SSSR count). The fraction of sp³-hybridized carbons (Fsp3) is 0.250. The molecule has 1 heterocycles. The zero-order valence-electron chi connectivity index (χ0n) is 6.61. The second-order valence-electron chi connectivity index (χ2n) is 2.36. The lowest BCUT2D eigenvalue weighted by atomic mass is 10.3. The molecule has 0 saturated heterocycles. The van der Waals surface area contributed by atoms with E-state index < -0.39 is 0 Å². The van der Waals surface area contributed by atoms with Crippen molar-refractivity contribution in [2.75, 3.05) is 0 Å². The first-order valence-corrected chi connectivity index (χ1v) is 3.37. The van der Waals surface area contributed by atoms with Crippen LogP contribution in [-0.4, -0.2) is 15.6 Å². The highest BCUT2D eigenvalue weighted by Crippen LogP contribution is 1.96. The summed E-state index contributed by atoms with van der Waals surface area (Å²) in [5.74, 6) is 0.0376. The van der Waals surface area contributed by atoms with Crippen molar-refractivity contribution in [1.82, 2.24) is 9.78 Å². The van der Waals surface area contributed by atoms with Gasteiger partial charge >= 0.3 is 0 Å². The average molecular weight is 150 g/mol. The molecule has 3 heteroatoms. The topological polar surface area (TPSA) is 34.9 Å². The van der Waals surface area contributed by atoms with E-state index >= 15 is 0 Å². The van der Waals surface area contributed by atoms with Crippen LogP contribution >= 0.6 is 0 Å². The Hall–Kier alpha value is -1.38. The van der Waals surface area contributed by atoms with Gasteiger partial charge in [0.05, 0.1) is 5.69 Å². The van der Waals surface area contributed by atoms with Crippen molar-refractivity contribution in [1.29, 1.82) is 0 Å². The van der Waals surface area contributed by atoms with Gasteiger partial charge in [0, 0.05) is 13.2 Å². The van der Waals surface area contributed by atoms with Gasteiger partial charge in [0.1, 0.15) is 0 Å². The molecule has 1 aromatic heterocycles. The van der Waals surface area contributed by atoms with Crippen LogP contribution in [0, 0.1) is 0 Å². The molecule has 0 fully saturated rings. The minimum atomic E-state index is 0.0376. The van der Waals surface area contributed by atoms with Crippen LogP contribution in [0.25, 0.3) is 6.08 Å². The van der Waals surface area contributed by atoms with Crippen molar-refractivity contribution < 1.29 is 4.79 Å². The van der Waals surface area contributed by atoms with Crippen molar-refractivity contribution in [3.8, 4) is 0 Å². The van der Waals surface area contributed by atoms with Gasteiger partial charge in [-0.15, -0.1) is 0 Å². The summed E-state index contributed by atoms with van der Waals surface area (Å²) < 4.78 is 1.69.